The number of ether oxygens (including phenoxy) is 1. The second-order valence-electron chi connectivity index (χ2n) is 6.98. The maximum Gasteiger partial charge on any atom is 0.225 e. The van der Waals surface area contributed by atoms with Crippen molar-refractivity contribution in [2.45, 2.75) is 37.8 Å². The highest BCUT2D eigenvalue weighted by Crippen LogP contribution is 2.37. The Morgan fingerprint density at radius 1 is 1.38 bits per heavy atom. The fourth-order valence-corrected chi connectivity index (χ4v) is 3.72. The van der Waals surface area contributed by atoms with Gasteiger partial charge in [0, 0.05) is 25.4 Å². The average Bonchev–Trinajstić information content (AvgIpc) is 3.28. The lowest BCUT2D eigenvalue weighted by atomic mass is 9.97. The van der Waals surface area contributed by atoms with Crippen LogP contribution >= 0.6 is 0 Å². The van der Waals surface area contributed by atoms with Crippen LogP contribution in [-0.2, 0) is 11.2 Å². The smallest absolute Gasteiger partial charge is 0.225 e. The van der Waals surface area contributed by atoms with Gasteiger partial charge in [0.2, 0.25) is 5.95 Å². The SMILES string of the molecule is CCc1cnc(N2CC[C@]3(C[C@@H](Nc4cccc(C#N)n4)CO3)C2)nc1. The molecule has 2 aliphatic heterocycles. The number of hydrogen-bond acceptors (Lipinski definition) is 7. The van der Waals surface area contributed by atoms with Crippen LogP contribution in [0.1, 0.15) is 31.0 Å². The number of nitrogens with one attached hydrogen (secondary N) is 1. The molecule has 2 aliphatic rings. The number of aromatic nitrogens is 3. The summed E-state index contributed by atoms with van der Waals surface area (Å²) >= 11 is 0. The van der Waals surface area contributed by atoms with Gasteiger partial charge in [-0.25, -0.2) is 15.0 Å². The summed E-state index contributed by atoms with van der Waals surface area (Å²) in [5.41, 5.74) is 1.41. The van der Waals surface area contributed by atoms with Crippen molar-refractivity contribution in [1.29, 1.82) is 5.26 Å². The molecule has 4 rings (SSSR count). The summed E-state index contributed by atoms with van der Waals surface area (Å²) in [4.78, 5) is 15.5. The molecule has 0 saturated carbocycles. The minimum absolute atomic E-state index is 0.155. The van der Waals surface area contributed by atoms with Crippen molar-refractivity contribution >= 4 is 11.8 Å². The fourth-order valence-electron chi connectivity index (χ4n) is 3.72. The van der Waals surface area contributed by atoms with Gasteiger partial charge in [-0.05, 0) is 30.5 Å². The Hall–Kier alpha value is -2.72. The molecule has 0 unspecified atom stereocenters. The monoisotopic (exact) mass is 350 g/mol. The van der Waals surface area contributed by atoms with E-state index in [1.54, 1.807) is 6.07 Å². The van der Waals surface area contributed by atoms with Gasteiger partial charge < -0.3 is 15.0 Å². The summed E-state index contributed by atoms with van der Waals surface area (Å²) in [7, 11) is 0. The van der Waals surface area contributed by atoms with E-state index in [-0.39, 0.29) is 11.6 Å². The van der Waals surface area contributed by atoms with E-state index in [0.717, 1.165) is 49.7 Å². The standard InChI is InChI=1S/C19H22N6O/c1-2-14-10-21-18(22-11-14)25-7-6-19(13-25)8-16(12-26-19)24-17-5-3-4-15(9-20)23-17/h3-5,10-11,16H,2,6-8,12-13H2,1H3,(H,23,24)/t16-,19+/m1/s1. The van der Waals surface area contributed by atoms with E-state index in [2.05, 4.69) is 38.2 Å². The second-order valence-corrected chi connectivity index (χ2v) is 6.98. The summed E-state index contributed by atoms with van der Waals surface area (Å²) in [6.07, 6.45) is 6.63. The number of pyridine rings is 1. The van der Waals surface area contributed by atoms with Crippen LogP contribution in [0.5, 0.6) is 0 Å². The van der Waals surface area contributed by atoms with Crippen LogP contribution in [0.25, 0.3) is 0 Å². The van der Waals surface area contributed by atoms with E-state index in [1.807, 2.05) is 24.5 Å². The highest BCUT2D eigenvalue weighted by molar-refractivity contribution is 5.40. The molecule has 134 valence electrons. The number of aryl methyl sites for hydroxylation is 1. The lowest BCUT2D eigenvalue weighted by Crippen LogP contribution is -2.34. The van der Waals surface area contributed by atoms with Gasteiger partial charge in [0.25, 0.3) is 0 Å². The lowest BCUT2D eigenvalue weighted by Gasteiger charge is -2.23. The molecule has 0 amide bonds. The highest BCUT2D eigenvalue weighted by Gasteiger charge is 2.46. The molecule has 2 aromatic heterocycles. The zero-order valence-electron chi connectivity index (χ0n) is 14.9. The molecule has 4 heterocycles. The molecule has 26 heavy (non-hydrogen) atoms. The topological polar surface area (TPSA) is 87.0 Å². The zero-order chi connectivity index (χ0) is 18.0. The first-order valence-electron chi connectivity index (χ1n) is 9.03. The van der Waals surface area contributed by atoms with Crippen molar-refractivity contribution in [3.8, 4) is 6.07 Å². The number of anilines is 2. The molecular weight excluding hydrogens is 328 g/mol. The Morgan fingerprint density at radius 2 is 2.23 bits per heavy atom. The maximum atomic E-state index is 8.98. The molecule has 1 N–H and O–H groups in total. The minimum atomic E-state index is -0.155. The third kappa shape index (κ3) is 3.33. The van der Waals surface area contributed by atoms with Gasteiger partial charge in [0.15, 0.2) is 0 Å². The Labute approximate surface area is 153 Å². The fraction of sp³-hybridized carbons (Fsp3) is 0.474. The van der Waals surface area contributed by atoms with Crippen molar-refractivity contribution in [3.63, 3.8) is 0 Å². The second kappa shape index (κ2) is 6.89. The van der Waals surface area contributed by atoms with Gasteiger partial charge in [-0.3, -0.25) is 0 Å². The number of hydrogen-bond donors (Lipinski definition) is 1. The van der Waals surface area contributed by atoms with Crippen molar-refractivity contribution in [1.82, 2.24) is 15.0 Å². The average molecular weight is 350 g/mol. The first-order chi connectivity index (χ1) is 12.7. The van der Waals surface area contributed by atoms with Crippen molar-refractivity contribution in [2.75, 3.05) is 29.9 Å². The molecule has 2 saturated heterocycles. The number of nitrogens with zero attached hydrogens (tertiary/aromatic N) is 5. The summed E-state index contributed by atoms with van der Waals surface area (Å²) in [5.74, 6) is 1.51. The Kier molecular flexibility index (Phi) is 4.43. The van der Waals surface area contributed by atoms with Crippen LogP contribution < -0.4 is 10.2 Å². The van der Waals surface area contributed by atoms with Gasteiger partial charge in [-0.1, -0.05) is 13.0 Å². The van der Waals surface area contributed by atoms with E-state index in [9.17, 15) is 0 Å². The van der Waals surface area contributed by atoms with Crippen LogP contribution in [-0.4, -0.2) is 46.3 Å². The van der Waals surface area contributed by atoms with Crippen molar-refractivity contribution in [2.24, 2.45) is 0 Å². The Balaban J connectivity index is 1.39. The van der Waals surface area contributed by atoms with Gasteiger partial charge >= 0.3 is 0 Å². The quantitative estimate of drug-likeness (QED) is 0.904. The number of rotatable bonds is 4. The van der Waals surface area contributed by atoms with Gasteiger partial charge in [-0.2, -0.15) is 5.26 Å². The third-order valence-electron chi connectivity index (χ3n) is 5.12. The predicted molar refractivity (Wildman–Crippen MR) is 97.9 cm³/mol. The van der Waals surface area contributed by atoms with Gasteiger partial charge in [0.05, 0.1) is 24.8 Å². The molecule has 1 spiro atoms. The van der Waals surface area contributed by atoms with Crippen LogP contribution in [0.2, 0.25) is 0 Å². The molecule has 7 heteroatoms. The van der Waals surface area contributed by atoms with E-state index in [0.29, 0.717) is 12.3 Å². The zero-order valence-corrected chi connectivity index (χ0v) is 14.9. The summed E-state index contributed by atoms with van der Waals surface area (Å²) < 4.78 is 6.19. The first kappa shape index (κ1) is 16.7. The van der Waals surface area contributed by atoms with E-state index < -0.39 is 0 Å². The molecule has 0 aliphatic carbocycles. The molecule has 7 nitrogen and oxygen atoms in total. The van der Waals surface area contributed by atoms with E-state index >= 15 is 0 Å². The molecule has 0 radical (unpaired) electrons. The molecule has 0 bridgehead atoms. The molecule has 2 fully saturated rings. The molecule has 0 aromatic carbocycles. The normalized spacial score (nSPS) is 24.8. The predicted octanol–water partition coefficient (Wildman–Crippen LogP) is 2.16. The van der Waals surface area contributed by atoms with Crippen LogP contribution in [0.4, 0.5) is 11.8 Å². The summed E-state index contributed by atoms with van der Waals surface area (Å²) in [6, 6.07) is 7.70. The largest absolute Gasteiger partial charge is 0.371 e. The van der Waals surface area contributed by atoms with Gasteiger partial charge in [0.1, 0.15) is 17.6 Å². The molecule has 2 aromatic rings. The van der Waals surface area contributed by atoms with E-state index in [1.165, 1.54) is 0 Å². The first-order valence-corrected chi connectivity index (χ1v) is 9.03. The minimum Gasteiger partial charge on any atom is -0.371 e. The molecular formula is C19H22N6O. The summed E-state index contributed by atoms with van der Waals surface area (Å²) in [5, 5.41) is 12.4. The third-order valence-corrected chi connectivity index (χ3v) is 5.12. The van der Waals surface area contributed by atoms with Crippen LogP contribution in [0.15, 0.2) is 30.6 Å². The van der Waals surface area contributed by atoms with Crippen molar-refractivity contribution in [3.05, 3.63) is 41.9 Å². The highest BCUT2D eigenvalue weighted by atomic mass is 16.5. The van der Waals surface area contributed by atoms with Crippen LogP contribution in [0.3, 0.4) is 0 Å². The molecule has 2 atom stereocenters. The lowest BCUT2D eigenvalue weighted by molar-refractivity contribution is 0.0228. The van der Waals surface area contributed by atoms with Gasteiger partial charge in [-0.15, -0.1) is 0 Å². The Morgan fingerprint density at radius 3 is 3.00 bits per heavy atom. The summed E-state index contributed by atoms with van der Waals surface area (Å²) in [6.45, 7) is 4.45. The van der Waals surface area contributed by atoms with Crippen LogP contribution in [0, 0.1) is 11.3 Å². The van der Waals surface area contributed by atoms with E-state index in [4.69, 9.17) is 10.00 Å². The maximum absolute atomic E-state index is 8.98. The Bertz CT molecular complexity index is 818. The number of nitriles is 1. The van der Waals surface area contributed by atoms with Crippen molar-refractivity contribution < 1.29 is 4.74 Å².